The highest BCUT2D eigenvalue weighted by Crippen LogP contribution is 2.43. The summed E-state index contributed by atoms with van der Waals surface area (Å²) in [5, 5.41) is 4.75. The Morgan fingerprint density at radius 1 is 0.267 bits per heavy atom. The Hall–Kier alpha value is -7.94. The second-order valence-electron chi connectivity index (χ2n) is 15.3. The molecule has 0 saturated heterocycles. The standard InChI is InChI=1S/C58H39NO/c1-2-10-40(11-3-1)42-18-20-43(21-19-42)45-28-33-51(34-29-45)59(56-16-8-6-14-53(56)50-32-37-58-55(39-50)54-15-7-9-17-57(54)60-58)52-35-30-46(31-36-52)44-22-24-47(25-23-44)49-27-26-41-12-4-5-13-48(41)38-49/h1-39H. The summed E-state index contributed by atoms with van der Waals surface area (Å²) in [5.74, 6) is 0. The molecular formula is C58H39NO. The van der Waals surface area contributed by atoms with E-state index in [9.17, 15) is 0 Å². The highest BCUT2D eigenvalue weighted by Gasteiger charge is 2.19. The molecule has 282 valence electrons. The summed E-state index contributed by atoms with van der Waals surface area (Å²) in [7, 11) is 0. The van der Waals surface area contributed by atoms with Gasteiger partial charge in [-0.3, -0.25) is 0 Å². The molecule has 0 aliphatic rings. The average Bonchev–Trinajstić information content (AvgIpc) is 3.71. The van der Waals surface area contributed by atoms with Crippen LogP contribution in [0.1, 0.15) is 0 Å². The Balaban J connectivity index is 0.962. The van der Waals surface area contributed by atoms with E-state index in [1.54, 1.807) is 0 Å². The molecule has 0 spiro atoms. The summed E-state index contributed by atoms with van der Waals surface area (Å²) in [6.45, 7) is 0. The van der Waals surface area contributed by atoms with Gasteiger partial charge in [0.25, 0.3) is 0 Å². The number of anilines is 3. The van der Waals surface area contributed by atoms with Crippen LogP contribution >= 0.6 is 0 Å². The Morgan fingerprint density at radius 2 is 0.717 bits per heavy atom. The van der Waals surface area contributed by atoms with Crippen LogP contribution in [-0.2, 0) is 0 Å². The number of furan rings is 1. The van der Waals surface area contributed by atoms with Crippen LogP contribution < -0.4 is 4.90 Å². The van der Waals surface area contributed by atoms with E-state index in [-0.39, 0.29) is 0 Å². The summed E-state index contributed by atoms with van der Waals surface area (Å²) in [6.07, 6.45) is 0. The lowest BCUT2D eigenvalue weighted by Crippen LogP contribution is -2.11. The molecular weight excluding hydrogens is 727 g/mol. The van der Waals surface area contributed by atoms with E-state index in [2.05, 4.69) is 229 Å². The number of hydrogen-bond donors (Lipinski definition) is 0. The quantitative estimate of drug-likeness (QED) is 0.153. The first-order chi connectivity index (χ1) is 29.7. The maximum Gasteiger partial charge on any atom is 0.135 e. The molecule has 0 saturated carbocycles. The minimum absolute atomic E-state index is 0.891. The van der Waals surface area contributed by atoms with Crippen LogP contribution in [0.2, 0.25) is 0 Å². The first-order valence-electron chi connectivity index (χ1n) is 20.5. The van der Waals surface area contributed by atoms with Gasteiger partial charge in [0.15, 0.2) is 0 Å². The van der Waals surface area contributed by atoms with E-state index in [1.165, 1.54) is 55.3 Å². The third kappa shape index (κ3) is 6.61. The molecule has 10 aromatic carbocycles. The van der Waals surface area contributed by atoms with Gasteiger partial charge in [0.1, 0.15) is 11.2 Å². The summed E-state index contributed by atoms with van der Waals surface area (Å²) < 4.78 is 6.22. The number of para-hydroxylation sites is 2. The third-order valence-corrected chi connectivity index (χ3v) is 11.7. The van der Waals surface area contributed by atoms with Crippen molar-refractivity contribution in [3.05, 3.63) is 237 Å². The monoisotopic (exact) mass is 765 g/mol. The zero-order valence-corrected chi connectivity index (χ0v) is 32.9. The number of hydrogen-bond acceptors (Lipinski definition) is 2. The second-order valence-corrected chi connectivity index (χ2v) is 15.3. The normalized spacial score (nSPS) is 11.3. The largest absolute Gasteiger partial charge is 0.456 e. The molecule has 1 aromatic heterocycles. The van der Waals surface area contributed by atoms with Crippen molar-refractivity contribution in [3.8, 4) is 55.6 Å². The first-order valence-corrected chi connectivity index (χ1v) is 20.5. The fraction of sp³-hybridized carbons (Fsp3) is 0. The van der Waals surface area contributed by atoms with Gasteiger partial charge in [-0.15, -0.1) is 0 Å². The van der Waals surface area contributed by atoms with Gasteiger partial charge in [0, 0.05) is 27.7 Å². The average molecular weight is 766 g/mol. The zero-order valence-electron chi connectivity index (χ0n) is 32.9. The molecule has 0 fully saturated rings. The summed E-state index contributed by atoms with van der Waals surface area (Å²) in [5.41, 5.74) is 16.9. The topological polar surface area (TPSA) is 16.4 Å². The molecule has 11 aromatic rings. The molecule has 0 unspecified atom stereocenters. The van der Waals surface area contributed by atoms with Crippen LogP contribution in [0, 0.1) is 0 Å². The van der Waals surface area contributed by atoms with E-state index in [4.69, 9.17) is 4.42 Å². The molecule has 2 nitrogen and oxygen atoms in total. The predicted octanol–water partition coefficient (Wildman–Crippen LogP) is 16.5. The van der Waals surface area contributed by atoms with Crippen molar-refractivity contribution in [2.45, 2.75) is 0 Å². The lowest BCUT2D eigenvalue weighted by molar-refractivity contribution is 0.669. The molecule has 1 heterocycles. The van der Waals surface area contributed by atoms with Gasteiger partial charge in [0.05, 0.1) is 5.69 Å². The fourth-order valence-electron chi connectivity index (χ4n) is 8.55. The maximum absolute atomic E-state index is 6.22. The molecule has 11 rings (SSSR count). The van der Waals surface area contributed by atoms with E-state index < -0.39 is 0 Å². The van der Waals surface area contributed by atoms with E-state index in [0.717, 1.165) is 50.1 Å². The molecule has 2 heteroatoms. The molecule has 0 aliphatic carbocycles. The van der Waals surface area contributed by atoms with Crippen LogP contribution in [0.25, 0.3) is 88.3 Å². The third-order valence-electron chi connectivity index (χ3n) is 11.7. The predicted molar refractivity (Wildman–Crippen MR) is 253 cm³/mol. The second kappa shape index (κ2) is 15.1. The van der Waals surface area contributed by atoms with Crippen LogP contribution in [-0.4, -0.2) is 0 Å². The lowest BCUT2D eigenvalue weighted by atomic mass is 9.97. The van der Waals surface area contributed by atoms with Gasteiger partial charge in [-0.05, 0) is 115 Å². The van der Waals surface area contributed by atoms with E-state index >= 15 is 0 Å². The van der Waals surface area contributed by atoms with Gasteiger partial charge >= 0.3 is 0 Å². The number of benzene rings is 10. The molecule has 0 radical (unpaired) electrons. The van der Waals surface area contributed by atoms with Crippen LogP contribution in [0.5, 0.6) is 0 Å². The van der Waals surface area contributed by atoms with Gasteiger partial charge in [0.2, 0.25) is 0 Å². The van der Waals surface area contributed by atoms with E-state index in [0.29, 0.717) is 0 Å². The van der Waals surface area contributed by atoms with Crippen molar-refractivity contribution < 1.29 is 4.42 Å². The van der Waals surface area contributed by atoms with Gasteiger partial charge in [-0.2, -0.15) is 0 Å². The number of rotatable bonds is 8. The van der Waals surface area contributed by atoms with Gasteiger partial charge in [-0.25, -0.2) is 0 Å². The van der Waals surface area contributed by atoms with Crippen LogP contribution in [0.4, 0.5) is 17.1 Å². The van der Waals surface area contributed by atoms with Crippen molar-refractivity contribution in [1.29, 1.82) is 0 Å². The Labute approximate surface area is 349 Å². The van der Waals surface area contributed by atoms with Gasteiger partial charge in [-0.1, -0.05) is 182 Å². The fourth-order valence-corrected chi connectivity index (χ4v) is 8.55. The maximum atomic E-state index is 6.22. The highest BCUT2D eigenvalue weighted by atomic mass is 16.3. The highest BCUT2D eigenvalue weighted by molar-refractivity contribution is 6.07. The van der Waals surface area contributed by atoms with Crippen LogP contribution in [0.3, 0.4) is 0 Å². The van der Waals surface area contributed by atoms with Crippen molar-refractivity contribution in [3.63, 3.8) is 0 Å². The first kappa shape index (κ1) is 35.2. The molecule has 60 heavy (non-hydrogen) atoms. The zero-order chi connectivity index (χ0) is 39.8. The van der Waals surface area contributed by atoms with Crippen molar-refractivity contribution in [2.75, 3.05) is 4.90 Å². The van der Waals surface area contributed by atoms with E-state index in [1.807, 2.05) is 12.1 Å². The number of nitrogens with zero attached hydrogens (tertiary/aromatic N) is 1. The molecule has 0 N–H and O–H groups in total. The SMILES string of the molecule is c1ccc(-c2ccc(-c3ccc(N(c4ccc(-c5ccc(-c6ccc7ccccc7c6)cc5)cc4)c4ccccc4-c4ccc5oc6ccccc6c5c4)cc3)cc2)cc1. The smallest absolute Gasteiger partial charge is 0.135 e. The van der Waals surface area contributed by atoms with Gasteiger partial charge < -0.3 is 9.32 Å². The summed E-state index contributed by atoms with van der Waals surface area (Å²) in [6, 6.07) is 84.9. The molecule has 0 aliphatic heterocycles. The minimum atomic E-state index is 0.891. The Bertz CT molecular complexity index is 3270. The Morgan fingerprint density at radius 3 is 1.37 bits per heavy atom. The summed E-state index contributed by atoms with van der Waals surface area (Å²) in [4.78, 5) is 2.38. The molecule has 0 amide bonds. The molecule has 0 bridgehead atoms. The Kier molecular flexibility index (Phi) is 8.87. The number of fused-ring (bicyclic) bond motifs is 4. The van der Waals surface area contributed by atoms with Crippen molar-refractivity contribution in [1.82, 2.24) is 0 Å². The minimum Gasteiger partial charge on any atom is -0.456 e. The lowest BCUT2D eigenvalue weighted by Gasteiger charge is -2.28. The van der Waals surface area contributed by atoms with Crippen molar-refractivity contribution in [2.24, 2.45) is 0 Å². The molecule has 0 atom stereocenters. The summed E-state index contributed by atoms with van der Waals surface area (Å²) >= 11 is 0. The van der Waals surface area contributed by atoms with Crippen LogP contribution in [0.15, 0.2) is 241 Å². The van der Waals surface area contributed by atoms with Crippen molar-refractivity contribution >= 4 is 49.8 Å².